The second-order valence-electron chi connectivity index (χ2n) is 8.98. The Hall–Kier alpha value is -4.59. The van der Waals surface area contributed by atoms with Crippen LogP contribution in [0.5, 0.6) is 17.4 Å². The first-order valence-electron chi connectivity index (χ1n) is 12.4. The van der Waals surface area contributed by atoms with E-state index in [1.54, 1.807) is 12.0 Å². The van der Waals surface area contributed by atoms with Gasteiger partial charge in [-0.1, -0.05) is 48.0 Å². The van der Waals surface area contributed by atoms with Crippen molar-refractivity contribution in [2.75, 3.05) is 34.4 Å². The minimum atomic E-state index is -0.589. The summed E-state index contributed by atoms with van der Waals surface area (Å²) in [6, 6.07) is 18.3. The zero-order valence-electron chi connectivity index (χ0n) is 21.6. The molecule has 0 radical (unpaired) electrons. The summed E-state index contributed by atoms with van der Waals surface area (Å²) < 4.78 is 16.0. The number of carbonyl (C=O) groups excluding carboxylic acids is 2. The number of piperidine rings is 1. The van der Waals surface area contributed by atoms with E-state index < -0.39 is 11.7 Å². The molecule has 8 nitrogen and oxygen atoms in total. The Morgan fingerprint density at radius 2 is 1.55 bits per heavy atom. The highest BCUT2D eigenvalue weighted by molar-refractivity contribution is 6.45. The summed E-state index contributed by atoms with van der Waals surface area (Å²) in [6.07, 6.45) is 4.34. The molecule has 0 atom stereocenters. The lowest BCUT2D eigenvalue weighted by Gasteiger charge is -2.30. The van der Waals surface area contributed by atoms with Gasteiger partial charge in [0, 0.05) is 19.3 Å². The molecule has 0 bridgehead atoms. The van der Waals surface area contributed by atoms with E-state index >= 15 is 0 Å². The van der Waals surface area contributed by atoms with Gasteiger partial charge in [0.15, 0.2) is 0 Å². The second kappa shape index (κ2) is 10.8. The highest BCUT2D eigenvalue weighted by Crippen LogP contribution is 2.35. The Morgan fingerprint density at radius 1 is 0.868 bits per heavy atom. The lowest BCUT2D eigenvalue weighted by Crippen LogP contribution is -2.40. The van der Waals surface area contributed by atoms with Gasteiger partial charge in [-0.3, -0.25) is 9.59 Å². The fourth-order valence-electron chi connectivity index (χ4n) is 5.01. The van der Waals surface area contributed by atoms with Gasteiger partial charge in [-0.2, -0.15) is 0 Å². The summed E-state index contributed by atoms with van der Waals surface area (Å²) in [7, 11) is 4.65. The van der Waals surface area contributed by atoms with Crippen molar-refractivity contribution in [3.05, 3.63) is 89.3 Å². The molecule has 1 saturated heterocycles. The topological polar surface area (TPSA) is 93.8 Å². The molecule has 1 fully saturated rings. The number of ketones is 1. The van der Waals surface area contributed by atoms with Crippen LogP contribution >= 0.6 is 0 Å². The number of fused-ring (bicyclic) bond motifs is 1. The molecule has 1 amide bonds. The molecule has 4 aromatic rings. The number of aromatic amines is 1. The largest absolute Gasteiger partial charge is 0.497 e. The minimum absolute atomic E-state index is 0.243. The standard InChI is InChI=1S/C30H29N3O5/c1-36-22-11-9-20(10-12-22)25(19-7-5-4-6-8-19)21-13-15-33(16-14-21)30(35)28(34)23-17-31-27-26(23)24(37-2)18-32-29(27)38-3/h4-12,17-18,31H,13-16H2,1-3H3. The molecule has 3 heterocycles. The highest BCUT2D eigenvalue weighted by atomic mass is 16.5. The van der Waals surface area contributed by atoms with Crippen molar-refractivity contribution < 1.29 is 23.8 Å². The summed E-state index contributed by atoms with van der Waals surface area (Å²) in [6.45, 7) is 0.910. The van der Waals surface area contributed by atoms with Gasteiger partial charge in [-0.15, -0.1) is 0 Å². The molecule has 0 unspecified atom stereocenters. The predicted molar refractivity (Wildman–Crippen MR) is 145 cm³/mol. The molecule has 2 aromatic carbocycles. The van der Waals surface area contributed by atoms with Gasteiger partial charge < -0.3 is 24.1 Å². The Kier molecular flexibility index (Phi) is 7.13. The van der Waals surface area contributed by atoms with Crippen LogP contribution in [0, 0.1) is 0 Å². The first-order chi connectivity index (χ1) is 18.5. The van der Waals surface area contributed by atoms with Crippen LogP contribution in [0.4, 0.5) is 0 Å². The van der Waals surface area contributed by atoms with Crippen molar-refractivity contribution in [1.29, 1.82) is 0 Å². The number of hydrogen-bond acceptors (Lipinski definition) is 6. The maximum Gasteiger partial charge on any atom is 0.295 e. The van der Waals surface area contributed by atoms with Crippen LogP contribution in [0.3, 0.4) is 0 Å². The molecule has 194 valence electrons. The molecule has 1 aliphatic heterocycles. The van der Waals surface area contributed by atoms with Crippen LogP contribution in [-0.2, 0) is 4.79 Å². The van der Waals surface area contributed by atoms with Gasteiger partial charge >= 0.3 is 0 Å². The molecule has 0 spiro atoms. The molecule has 0 saturated carbocycles. The van der Waals surface area contributed by atoms with E-state index in [1.165, 1.54) is 32.2 Å². The van der Waals surface area contributed by atoms with Crippen LogP contribution in [-0.4, -0.2) is 61.0 Å². The molecule has 0 aliphatic carbocycles. The quantitative estimate of drug-likeness (QED) is 0.280. The maximum absolute atomic E-state index is 13.4. The number of methoxy groups -OCH3 is 3. The smallest absolute Gasteiger partial charge is 0.295 e. The van der Waals surface area contributed by atoms with Crippen molar-refractivity contribution >= 4 is 28.2 Å². The number of pyridine rings is 1. The molecule has 1 N–H and O–H groups in total. The summed E-state index contributed by atoms with van der Waals surface area (Å²) >= 11 is 0. The minimum Gasteiger partial charge on any atom is -0.497 e. The Morgan fingerprint density at radius 3 is 2.18 bits per heavy atom. The van der Waals surface area contributed by atoms with Gasteiger partial charge in [-0.05, 0) is 41.7 Å². The van der Waals surface area contributed by atoms with Gasteiger partial charge in [0.2, 0.25) is 5.88 Å². The van der Waals surface area contributed by atoms with E-state index in [0.29, 0.717) is 48.5 Å². The third kappa shape index (κ3) is 4.61. The number of hydrogen-bond donors (Lipinski definition) is 1. The summed E-state index contributed by atoms with van der Waals surface area (Å²) in [5.41, 5.74) is 5.38. The lowest BCUT2D eigenvalue weighted by atomic mass is 9.88. The number of Topliss-reactive ketones (excluding diaryl/α,β-unsaturated/α-hetero) is 1. The number of amides is 1. The molecular formula is C30H29N3O5. The Bertz CT molecular complexity index is 1500. The summed E-state index contributed by atoms with van der Waals surface area (Å²) in [4.78, 5) is 35.5. The maximum atomic E-state index is 13.4. The van der Waals surface area contributed by atoms with E-state index in [0.717, 1.165) is 22.4 Å². The van der Waals surface area contributed by atoms with E-state index in [9.17, 15) is 9.59 Å². The molecule has 38 heavy (non-hydrogen) atoms. The average Bonchev–Trinajstić information content (AvgIpc) is 3.43. The number of rotatable bonds is 7. The predicted octanol–water partition coefficient (Wildman–Crippen LogP) is 4.90. The van der Waals surface area contributed by atoms with E-state index in [1.807, 2.05) is 30.3 Å². The van der Waals surface area contributed by atoms with Gasteiger partial charge in [0.1, 0.15) is 17.0 Å². The van der Waals surface area contributed by atoms with Crippen molar-refractivity contribution in [3.63, 3.8) is 0 Å². The van der Waals surface area contributed by atoms with E-state index in [4.69, 9.17) is 14.2 Å². The van der Waals surface area contributed by atoms with Gasteiger partial charge in [-0.25, -0.2) is 4.98 Å². The van der Waals surface area contributed by atoms with E-state index in [-0.39, 0.29) is 5.56 Å². The molecule has 8 heteroatoms. The third-order valence-electron chi connectivity index (χ3n) is 6.94. The summed E-state index contributed by atoms with van der Waals surface area (Å²) in [5.74, 6) is 0.399. The van der Waals surface area contributed by atoms with Crippen LogP contribution in [0.15, 0.2) is 72.6 Å². The number of nitrogens with one attached hydrogen (secondary N) is 1. The monoisotopic (exact) mass is 511 g/mol. The molecular weight excluding hydrogens is 482 g/mol. The highest BCUT2D eigenvalue weighted by Gasteiger charge is 2.30. The zero-order chi connectivity index (χ0) is 26.6. The first-order valence-corrected chi connectivity index (χ1v) is 12.4. The SMILES string of the molecule is COc1ccc(C(=C2CCN(C(=O)C(=O)c3c[nH]c4c(OC)ncc(OC)c34)CC2)c2ccccc2)cc1. The van der Waals surface area contributed by atoms with E-state index in [2.05, 4.69) is 34.2 Å². The van der Waals surface area contributed by atoms with Crippen molar-refractivity contribution in [1.82, 2.24) is 14.9 Å². The average molecular weight is 512 g/mol. The van der Waals surface area contributed by atoms with Gasteiger partial charge in [0.25, 0.3) is 11.7 Å². The Balaban J connectivity index is 1.41. The van der Waals surface area contributed by atoms with Crippen LogP contribution in [0.2, 0.25) is 0 Å². The molecule has 1 aliphatic rings. The van der Waals surface area contributed by atoms with Crippen LogP contribution < -0.4 is 14.2 Å². The van der Waals surface area contributed by atoms with Crippen LogP contribution in [0.1, 0.15) is 34.3 Å². The third-order valence-corrected chi connectivity index (χ3v) is 6.94. The number of aromatic nitrogens is 2. The summed E-state index contributed by atoms with van der Waals surface area (Å²) in [5, 5.41) is 0.487. The van der Waals surface area contributed by atoms with Crippen molar-refractivity contribution in [2.45, 2.75) is 12.8 Å². The second-order valence-corrected chi connectivity index (χ2v) is 8.98. The van der Waals surface area contributed by atoms with Gasteiger partial charge in [0.05, 0.1) is 38.5 Å². The van der Waals surface area contributed by atoms with Crippen LogP contribution in [0.25, 0.3) is 16.5 Å². The Labute approximate surface area is 220 Å². The lowest BCUT2D eigenvalue weighted by molar-refractivity contribution is -0.126. The number of nitrogens with zero attached hydrogens (tertiary/aromatic N) is 2. The number of ether oxygens (including phenoxy) is 3. The number of likely N-dealkylation sites (tertiary alicyclic amines) is 1. The zero-order valence-corrected chi connectivity index (χ0v) is 21.6. The van der Waals surface area contributed by atoms with Crippen molar-refractivity contribution in [2.24, 2.45) is 0 Å². The molecule has 5 rings (SSSR count). The number of benzene rings is 2. The fraction of sp³-hybridized carbons (Fsp3) is 0.233. The van der Waals surface area contributed by atoms with Crippen molar-refractivity contribution in [3.8, 4) is 17.4 Å². The fourth-order valence-corrected chi connectivity index (χ4v) is 5.01. The molecule has 2 aromatic heterocycles. The number of carbonyl (C=O) groups is 2. The normalized spacial score (nSPS) is 13.3. The number of H-pyrrole nitrogens is 1. The first kappa shape index (κ1) is 25.1.